The number of carbonyl (C=O) groups is 1. The molecule has 3 nitrogen and oxygen atoms in total. The van der Waals surface area contributed by atoms with E-state index in [1.165, 1.54) is 12.1 Å². The van der Waals surface area contributed by atoms with E-state index in [-0.39, 0.29) is 18.1 Å². The average Bonchev–Trinajstić information content (AvgIpc) is 2.50. The normalized spacial score (nSPS) is 9.90. The Balaban J connectivity index is 1.76. The first kappa shape index (κ1) is 14.7. The van der Waals surface area contributed by atoms with Crippen molar-refractivity contribution in [2.45, 2.75) is 12.8 Å². The van der Waals surface area contributed by atoms with Gasteiger partial charge in [0.05, 0.1) is 18.1 Å². The first-order valence-electron chi connectivity index (χ1n) is 6.67. The van der Waals surface area contributed by atoms with Crippen LogP contribution in [0.1, 0.15) is 16.7 Å². The summed E-state index contributed by atoms with van der Waals surface area (Å²) in [6.45, 7) is 0.515. The maximum atomic E-state index is 12.7. The van der Waals surface area contributed by atoms with Gasteiger partial charge in [-0.25, -0.2) is 4.39 Å². The molecule has 0 aliphatic carbocycles. The highest BCUT2D eigenvalue weighted by Crippen LogP contribution is 2.05. The van der Waals surface area contributed by atoms with Gasteiger partial charge in [0.25, 0.3) is 0 Å². The lowest BCUT2D eigenvalue weighted by Crippen LogP contribution is -2.27. The lowest BCUT2D eigenvalue weighted by Gasteiger charge is -2.06. The highest BCUT2D eigenvalue weighted by molar-refractivity contribution is 5.78. The number of hydrogen-bond acceptors (Lipinski definition) is 2. The number of amides is 1. The van der Waals surface area contributed by atoms with Gasteiger partial charge in [0, 0.05) is 6.54 Å². The van der Waals surface area contributed by atoms with Crippen molar-refractivity contribution < 1.29 is 9.18 Å². The van der Waals surface area contributed by atoms with Crippen molar-refractivity contribution in [3.05, 3.63) is 71.0 Å². The second-order valence-corrected chi connectivity index (χ2v) is 4.71. The van der Waals surface area contributed by atoms with E-state index >= 15 is 0 Å². The van der Waals surface area contributed by atoms with Gasteiger partial charge in [-0.2, -0.15) is 5.26 Å². The van der Waals surface area contributed by atoms with Crippen LogP contribution in [0.4, 0.5) is 4.39 Å². The summed E-state index contributed by atoms with van der Waals surface area (Å²) in [6, 6.07) is 15.2. The summed E-state index contributed by atoms with van der Waals surface area (Å²) in [5, 5.41) is 11.5. The highest BCUT2D eigenvalue weighted by atomic mass is 19.1. The van der Waals surface area contributed by atoms with Gasteiger partial charge in [0.2, 0.25) is 5.91 Å². The van der Waals surface area contributed by atoms with Crippen molar-refractivity contribution in [1.82, 2.24) is 5.32 Å². The number of nitrogens with one attached hydrogen (secondary N) is 1. The van der Waals surface area contributed by atoms with E-state index < -0.39 is 0 Å². The molecule has 0 aromatic heterocycles. The van der Waals surface area contributed by atoms with Crippen molar-refractivity contribution in [1.29, 1.82) is 5.26 Å². The molecule has 21 heavy (non-hydrogen) atoms. The van der Waals surface area contributed by atoms with Crippen molar-refractivity contribution in [3.63, 3.8) is 0 Å². The molecular weight excluding hydrogens is 267 g/mol. The van der Waals surface area contributed by atoms with E-state index in [2.05, 4.69) is 5.32 Å². The Morgan fingerprint density at radius 2 is 1.67 bits per heavy atom. The molecule has 2 rings (SSSR count). The molecule has 0 spiro atoms. The molecule has 106 valence electrons. The van der Waals surface area contributed by atoms with E-state index in [4.69, 9.17) is 5.26 Å². The first-order chi connectivity index (χ1) is 10.2. The largest absolute Gasteiger partial charge is 0.355 e. The number of rotatable bonds is 5. The third-order valence-electron chi connectivity index (χ3n) is 3.10. The second-order valence-electron chi connectivity index (χ2n) is 4.71. The number of benzene rings is 2. The SMILES string of the molecule is N#Cc1ccc(CC(=O)NCCc2ccc(F)cc2)cc1. The van der Waals surface area contributed by atoms with Crippen LogP contribution in [0.15, 0.2) is 48.5 Å². The minimum absolute atomic E-state index is 0.0678. The molecule has 0 saturated heterocycles. The molecule has 0 fully saturated rings. The summed E-state index contributed by atoms with van der Waals surface area (Å²) in [7, 11) is 0. The van der Waals surface area contributed by atoms with Crippen LogP contribution in [0, 0.1) is 17.1 Å². The summed E-state index contributed by atoms with van der Waals surface area (Å²) in [5.41, 5.74) is 2.43. The topological polar surface area (TPSA) is 52.9 Å². The maximum Gasteiger partial charge on any atom is 0.224 e. The molecule has 1 amide bonds. The number of hydrogen-bond donors (Lipinski definition) is 1. The molecule has 0 bridgehead atoms. The number of halogens is 1. The van der Waals surface area contributed by atoms with Gasteiger partial charge in [0.1, 0.15) is 5.82 Å². The van der Waals surface area contributed by atoms with Gasteiger partial charge in [-0.15, -0.1) is 0 Å². The molecule has 0 heterocycles. The van der Waals surface area contributed by atoms with Gasteiger partial charge >= 0.3 is 0 Å². The van der Waals surface area contributed by atoms with Crippen LogP contribution in [0.5, 0.6) is 0 Å². The lowest BCUT2D eigenvalue weighted by molar-refractivity contribution is -0.120. The molecule has 4 heteroatoms. The van der Waals surface area contributed by atoms with Crippen molar-refractivity contribution >= 4 is 5.91 Å². The van der Waals surface area contributed by atoms with Gasteiger partial charge in [-0.05, 0) is 41.8 Å². The zero-order valence-electron chi connectivity index (χ0n) is 11.5. The molecule has 0 saturated carbocycles. The molecule has 0 aliphatic rings. The Hall–Kier alpha value is -2.67. The Morgan fingerprint density at radius 3 is 2.29 bits per heavy atom. The van der Waals surface area contributed by atoms with Crippen LogP contribution in [0.2, 0.25) is 0 Å². The van der Waals surface area contributed by atoms with Gasteiger partial charge in [0.15, 0.2) is 0 Å². The lowest BCUT2D eigenvalue weighted by atomic mass is 10.1. The van der Waals surface area contributed by atoms with Crippen LogP contribution in [0.3, 0.4) is 0 Å². The standard InChI is InChI=1S/C17H15FN2O/c18-16-7-5-13(6-8-16)9-10-20-17(21)11-14-1-3-15(12-19)4-2-14/h1-8H,9-11H2,(H,20,21). The van der Waals surface area contributed by atoms with Crippen molar-refractivity contribution in [3.8, 4) is 6.07 Å². The predicted molar refractivity (Wildman–Crippen MR) is 78.0 cm³/mol. The highest BCUT2D eigenvalue weighted by Gasteiger charge is 2.03. The van der Waals surface area contributed by atoms with Crippen LogP contribution < -0.4 is 5.32 Å². The molecular formula is C17H15FN2O. The predicted octanol–water partition coefficient (Wildman–Crippen LogP) is 2.60. The molecule has 0 unspecified atom stereocenters. The number of nitriles is 1. The van der Waals surface area contributed by atoms with E-state index in [0.717, 1.165) is 11.1 Å². The monoisotopic (exact) mass is 282 g/mol. The fourth-order valence-electron chi connectivity index (χ4n) is 1.94. The number of carbonyl (C=O) groups excluding carboxylic acids is 1. The minimum Gasteiger partial charge on any atom is -0.355 e. The Labute approximate surface area is 123 Å². The van der Waals surface area contributed by atoms with Crippen LogP contribution in [-0.2, 0) is 17.6 Å². The van der Waals surface area contributed by atoms with E-state index in [1.54, 1.807) is 36.4 Å². The maximum absolute atomic E-state index is 12.7. The summed E-state index contributed by atoms with van der Waals surface area (Å²) in [6.07, 6.45) is 0.953. The van der Waals surface area contributed by atoms with Gasteiger partial charge < -0.3 is 5.32 Å². The summed E-state index contributed by atoms with van der Waals surface area (Å²) < 4.78 is 12.7. The fourth-order valence-corrected chi connectivity index (χ4v) is 1.94. The van der Waals surface area contributed by atoms with Crippen LogP contribution in [-0.4, -0.2) is 12.5 Å². The zero-order valence-corrected chi connectivity index (χ0v) is 11.5. The average molecular weight is 282 g/mol. The molecule has 0 atom stereocenters. The fraction of sp³-hybridized carbons (Fsp3) is 0.176. The summed E-state index contributed by atoms with van der Waals surface area (Å²) in [4.78, 5) is 11.8. The third-order valence-corrected chi connectivity index (χ3v) is 3.10. The van der Waals surface area contributed by atoms with E-state index in [1.807, 2.05) is 6.07 Å². The van der Waals surface area contributed by atoms with Crippen LogP contribution in [0.25, 0.3) is 0 Å². The van der Waals surface area contributed by atoms with Gasteiger partial charge in [-0.1, -0.05) is 24.3 Å². The third kappa shape index (κ3) is 4.73. The summed E-state index contributed by atoms with van der Waals surface area (Å²) in [5.74, 6) is -0.328. The summed E-state index contributed by atoms with van der Waals surface area (Å²) >= 11 is 0. The molecule has 0 radical (unpaired) electrons. The van der Waals surface area contributed by atoms with Crippen molar-refractivity contribution in [2.24, 2.45) is 0 Å². The van der Waals surface area contributed by atoms with E-state index in [0.29, 0.717) is 18.5 Å². The Bertz CT molecular complexity index is 642. The van der Waals surface area contributed by atoms with Crippen molar-refractivity contribution in [2.75, 3.05) is 6.54 Å². The Morgan fingerprint density at radius 1 is 1.05 bits per heavy atom. The minimum atomic E-state index is -0.261. The second kappa shape index (κ2) is 7.20. The smallest absolute Gasteiger partial charge is 0.224 e. The molecule has 0 aliphatic heterocycles. The quantitative estimate of drug-likeness (QED) is 0.916. The van der Waals surface area contributed by atoms with E-state index in [9.17, 15) is 9.18 Å². The molecule has 2 aromatic carbocycles. The first-order valence-corrected chi connectivity index (χ1v) is 6.67. The molecule has 2 aromatic rings. The Kier molecular flexibility index (Phi) is 5.05. The van der Waals surface area contributed by atoms with Crippen LogP contribution >= 0.6 is 0 Å². The van der Waals surface area contributed by atoms with Gasteiger partial charge in [-0.3, -0.25) is 4.79 Å². The zero-order chi connectivity index (χ0) is 15.1. The molecule has 1 N–H and O–H groups in total. The number of nitrogens with zero attached hydrogens (tertiary/aromatic N) is 1.